The number of ether oxygens (including phenoxy) is 3. The van der Waals surface area contributed by atoms with Crippen molar-refractivity contribution in [3.05, 3.63) is 48.3 Å². The summed E-state index contributed by atoms with van der Waals surface area (Å²) >= 11 is 0. The highest BCUT2D eigenvalue weighted by Crippen LogP contribution is 2.17. The Bertz CT molecular complexity index is 519. The first kappa shape index (κ1) is 14.0. The fourth-order valence-electron chi connectivity index (χ4n) is 1.63. The number of H-pyrrole nitrogens is 1. The molecule has 20 heavy (non-hydrogen) atoms. The van der Waals surface area contributed by atoms with Crippen molar-refractivity contribution in [2.45, 2.75) is 6.92 Å². The van der Waals surface area contributed by atoms with Gasteiger partial charge in [-0.15, -0.1) is 0 Å². The van der Waals surface area contributed by atoms with Gasteiger partial charge in [-0.2, -0.15) is 0 Å². The Morgan fingerprint density at radius 3 is 2.35 bits per heavy atom. The second-order valence-corrected chi connectivity index (χ2v) is 3.97. The number of carbonyl (C=O) groups excluding carboxylic acids is 1. The summed E-state index contributed by atoms with van der Waals surface area (Å²) in [6.07, 6.45) is 1.67. The molecule has 0 saturated heterocycles. The number of hydrogen-bond donors (Lipinski definition) is 1. The number of aromatic nitrogens is 1. The van der Waals surface area contributed by atoms with E-state index in [-0.39, 0.29) is 12.6 Å². The first-order valence-corrected chi connectivity index (χ1v) is 6.46. The molecule has 5 heteroatoms. The zero-order valence-corrected chi connectivity index (χ0v) is 11.3. The zero-order valence-electron chi connectivity index (χ0n) is 11.3. The zero-order chi connectivity index (χ0) is 14.2. The predicted octanol–water partition coefficient (Wildman–Crippen LogP) is 2.65. The average Bonchev–Trinajstić information content (AvgIpc) is 3.00. The summed E-state index contributed by atoms with van der Waals surface area (Å²) in [7, 11) is 0. The van der Waals surface area contributed by atoms with Crippen LogP contribution in [0.1, 0.15) is 17.4 Å². The van der Waals surface area contributed by atoms with Gasteiger partial charge in [0.25, 0.3) is 0 Å². The predicted molar refractivity (Wildman–Crippen MR) is 74.2 cm³/mol. The lowest BCUT2D eigenvalue weighted by atomic mass is 10.3. The van der Waals surface area contributed by atoms with Gasteiger partial charge in [0, 0.05) is 6.20 Å². The monoisotopic (exact) mass is 275 g/mol. The van der Waals surface area contributed by atoms with Crippen molar-refractivity contribution >= 4 is 5.97 Å². The number of hydrogen-bond acceptors (Lipinski definition) is 4. The summed E-state index contributed by atoms with van der Waals surface area (Å²) in [6.45, 7) is 3.07. The Balaban J connectivity index is 1.69. The Morgan fingerprint density at radius 2 is 1.75 bits per heavy atom. The lowest BCUT2D eigenvalue weighted by molar-refractivity contribution is 0.0444. The van der Waals surface area contributed by atoms with Gasteiger partial charge in [-0.1, -0.05) is 0 Å². The van der Waals surface area contributed by atoms with Gasteiger partial charge in [0.15, 0.2) is 0 Å². The van der Waals surface area contributed by atoms with Crippen LogP contribution in [0.3, 0.4) is 0 Å². The van der Waals surface area contributed by atoms with Gasteiger partial charge >= 0.3 is 5.97 Å². The van der Waals surface area contributed by atoms with Crippen molar-refractivity contribution in [2.75, 3.05) is 19.8 Å². The maximum atomic E-state index is 11.5. The summed E-state index contributed by atoms with van der Waals surface area (Å²) in [5.41, 5.74) is 0.436. The minimum absolute atomic E-state index is 0.199. The minimum atomic E-state index is -0.384. The molecule has 0 atom stereocenters. The highest BCUT2D eigenvalue weighted by Gasteiger charge is 2.06. The van der Waals surface area contributed by atoms with Gasteiger partial charge < -0.3 is 19.2 Å². The van der Waals surface area contributed by atoms with Crippen LogP contribution < -0.4 is 9.47 Å². The molecule has 0 aliphatic rings. The van der Waals surface area contributed by atoms with Crippen LogP contribution in [0, 0.1) is 0 Å². The van der Waals surface area contributed by atoms with Gasteiger partial charge in [0.2, 0.25) is 0 Å². The molecule has 0 spiro atoms. The molecular weight excluding hydrogens is 258 g/mol. The van der Waals surface area contributed by atoms with E-state index in [0.29, 0.717) is 24.7 Å². The van der Waals surface area contributed by atoms with E-state index in [4.69, 9.17) is 14.2 Å². The van der Waals surface area contributed by atoms with Crippen LogP contribution in [-0.2, 0) is 4.74 Å². The summed E-state index contributed by atoms with van der Waals surface area (Å²) < 4.78 is 15.8. The van der Waals surface area contributed by atoms with E-state index in [1.54, 1.807) is 18.3 Å². The first-order valence-electron chi connectivity index (χ1n) is 6.46. The Morgan fingerprint density at radius 1 is 1.05 bits per heavy atom. The quantitative estimate of drug-likeness (QED) is 0.623. The molecule has 2 rings (SSSR count). The Labute approximate surface area is 117 Å². The summed E-state index contributed by atoms with van der Waals surface area (Å²) in [5.74, 6) is 1.13. The van der Waals surface area contributed by atoms with Crippen molar-refractivity contribution in [3.63, 3.8) is 0 Å². The van der Waals surface area contributed by atoms with E-state index in [1.165, 1.54) is 0 Å². The van der Waals surface area contributed by atoms with Crippen molar-refractivity contribution < 1.29 is 19.0 Å². The molecule has 1 aromatic carbocycles. The third-order valence-corrected chi connectivity index (χ3v) is 2.54. The van der Waals surface area contributed by atoms with E-state index in [1.807, 2.05) is 31.2 Å². The fourth-order valence-corrected chi connectivity index (χ4v) is 1.63. The number of rotatable bonds is 7. The molecule has 5 nitrogen and oxygen atoms in total. The van der Waals surface area contributed by atoms with E-state index < -0.39 is 0 Å². The first-order chi connectivity index (χ1) is 9.79. The second-order valence-electron chi connectivity index (χ2n) is 3.97. The number of esters is 1. The Hall–Kier alpha value is -2.43. The van der Waals surface area contributed by atoms with Gasteiger partial charge in [-0.05, 0) is 43.3 Å². The smallest absolute Gasteiger partial charge is 0.354 e. The maximum absolute atomic E-state index is 11.5. The molecule has 2 aromatic rings. The SMILES string of the molecule is CCOc1ccc(OCCOC(=O)c2ccc[nH]2)cc1. The van der Waals surface area contributed by atoms with Gasteiger partial charge in [-0.25, -0.2) is 4.79 Å². The number of aromatic amines is 1. The molecule has 0 saturated carbocycles. The largest absolute Gasteiger partial charge is 0.494 e. The second kappa shape index (κ2) is 7.23. The average molecular weight is 275 g/mol. The molecule has 0 fully saturated rings. The molecule has 0 radical (unpaired) electrons. The molecule has 106 valence electrons. The lowest BCUT2D eigenvalue weighted by Gasteiger charge is -2.08. The highest BCUT2D eigenvalue weighted by molar-refractivity contribution is 5.87. The van der Waals surface area contributed by atoms with Crippen molar-refractivity contribution in [3.8, 4) is 11.5 Å². The highest BCUT2D eigenvalue weighted by atomic mass is 16.6. The van der Waals surface area contributed by atoms with E-state index in [9.17, 15) is 4.79 Å². The van der Waals surface area contributed by atoms with Crippen molar-refractivity contribution in [1.82, 2.24) is 4.98 Å². The number of benzene rings is 1. The summed E-state index contributed by atoms with van der Waals surface area (Å²) in [6, 6.07) is 10.7. The van der Waals surface area contributed by atoms with Crippen molar-refractivity contribution in [1.29, 1.82) is 0 Å². The molecule has 0 unspecified atom stereocenters. The van der Waals surface area contributed by atoms with Crippen LogP contribution in [0.25, 0.3) is 0 Å². The van der Waals surface area contributed by atoms with Crippen LogP contribution in [0.4, 0.5) is 0 Å². The molecule has 1 N–H and O–H groups in total. The van der Waals surface area contributed by atoms with Crippen LogP contribution in [0.2, 0.25) is 0 Å². The van der Waals surface area contributed by atoms with Crippen LogP contribution >= 0.6 is 0 Å². The van der Waals surface area contributed by atoms with E-state index >= 15 is 0 Å². The molecule has 0 aliphatic carbocycles. The number of carbonyl (C=O) groups is 1. The van der Waals surface area contributed by atoms with Crippen molar-refractivity contribution in [2.24, 2.45) is 0 Å². The summed E-state index contributed by atoms with van der Waals surface area (Å²) in [5, 5.41) is 0. The molecular formula is C15H17NO4. The van der Waals surface area contributed by atoms with Gasteiger partial charge in [0.1, 0.15) is 30.4 Å². The van der Waals surface area contributed by atoms with Gasteiger partial charge in [-0.3, -0.25) is 0 Å². The summed E-state index contributed by atoms with van der Waals surface area (Å²) in [4.78, 5) is 14.3. The lowest BCUT2D eigenvalue weighted by Crippen LogP contribution is -2.12. The van der Waals surface area contributed by atoms with Gasteiger partial charge in [0.05, 0.1) is 6.61 Å². The van der Waals surface area contributed by atoms with Crippen LogP contribution in [0.15, 0.2) is 42.6 Å². The standard InChI is InChI=1S/C15H17NO4/c1-2-18-12-5-7-13(8-6-12)19-10-11-20-15(17)14-4-3-9-16-14/h3-9,16H,2,10-11H2,1H3. The molecule has 0 aliphatic heterocycles. The molecule has 0 bridgehead atoms. The van der Waals surface area contributed by atoms with E-state index in [0.717, 1.165) is 5.75 Å². The molecule has 0 amide bonds. The molecule has 1 heterocycles. The third-order valence-electron chi connectivity index (χ3n) is 2.54. The van der Waals surface area contributed by atoms with E-state index in [2.05, 4.69) is 4.98 Å². The molecule has 1 aromatic heterocycles. The maximum Gasteiger partial charge on any atom is 0.354 e. The fraction of sp³-hybridized carbons (Fsp3) is 0.267. The van der Waals surface area contributed by atoms with Crippen LogP contribution in [0.5, 0.6) is 11.5 Å². The minimum Gasteiger partial charge on any atom is -0.494 e. The normalized spacial score (nSPS) is 10.1. The van der Waals surface area contributed by atoms with Crippen LogP contribution in [-0.4, -0.2) is 30.8 Å². The third kappa shape index (κ3) is 4.05. The Kier molecular flexibility index (Phi) is 5.06. The topological polar surface area (TPSA) is 60.6 Å². The number of nitrogens with one attached hydrogen (secondary N) is 1.